The monoisotopic (exact) mass is 485 g/mol. The minimum Gasteiger partial charge on any atom is -0.377 e. The van der Waals surface area contributed by atoms with Crippen molar-refractivity contribution in [3.63, 3.8) is 0 Å². The molecule has 9 heteroatoms. The number of hydrogen-bond donors (Lipinski definition) is 3. The maximum Gasteiger partial charge on any atom is 0.228 e. The van der Waals surface area contributed by atoms with Crippen LogP contribution in [0.1, 0.15) is 42.8 Å². The van der Waals surface area contributed by atoms with Crippen LogP contribution in [0.15, 0.2) is 47.6 Å². The Morgan fingerprint density at radius 3 is 2.86 bits per heavy atom. The van der Waals surface area contributed by atoms with E-state index in [2.05, 4.69) is 50.9 Å². The molecule has 0 spiro atoms. The van der Waals surface area contributed by atoms with Gasteiger partial charge in [0.25, 0.3) is 0 Å². The number of carbonyl (C=O) groups excluding carboxylic acids is 1. The van der Waals surface area contributed by atoms with Gasteiger partial charge in [0.1, 0.15) is 11.9 Å². The number of fused-ring (bicyclic) bond motifs is 1. The molecular weight excluding hydrogens is 454 g/mol. The third-order valence-electron chi connectivity index (χ3n) is 7.30. The van der Waals surface area contributed by atoms with Gasteiger partial charge in [-0.1, -0.05) is 12.1 Å². The summed E-state index contributed by atoms with van der Waals surface area (Å²) in [5, 5.41) is 13.6. The van der Waals surface area contributed by atoms with Crippen molar-refractivity contribution in [2.24, 2.45) is 10.9 Å². The molecule has 3 N–H and O–H groups in total. The average Bonchev–Trinajstić information content (AvgIpc) is 3.59. The molecule has 1 aromatic carbocycles. The van der Waals surface area contributed by atoms with Crippen LogP contribution in [-0.4, -0.2) is 66.2 Å². The molecule has 6 rings (SSSR count). The predicted molar refractivity (Wildman–Crippen MR) is 140 cm³/mol. The average molecular weight is 486 g/mol. The molecule has 0 bridgehead atoms. The molecule has 0 saturated carbocycles. The lowest BCUT2D eigenvalue weighted by Gasteiger charge is -2.35. The van der Waals surface area contributed by atoms with E-state index >= 15 is 0 Å². The highest BCUT2D eigenvalue weighted by Crippen LogP contribution is 2.38. The number of rotatable bonds is 5. The molecule has 0 aliphatic carbocycles. The van der Waals surface area contributed by atoms with Crippen molar-refractivity contribution in [2.45, 2.75) is 31.8 Å². The number of aliphatic imine (C=N–C) groups is 1. The summed E-state index contributed by atoms with van der Waals surface area (Å²) in [6, 6.07) is 12.2. The topological polar surface area (TPSA) is 108 Å². The lowest BCUT2D eigenvalue weighted by molar-refractivity contribution is -0.120. The van der Waals surface area contributed by atoms with Crippen molar-refractivity contribution < 1.29 is 9.53 Å². The fraction of sp³-hybridized carbons (Fsp3) is 0.407. The van der Waals surface area contributed by atoms with Crippen molar-refractivity contribution >= 4 is 23.6 Å². The predicted octanol–water partition coefficient (Wildman–Crippen LogP) is 3.16. The van der Waals surface area contributed by atoms with E-state index in [-0.39, 0.29) is 23.9 Å². The van der Waals surface area contributed by atoms with Crippen molar-refractivity contribution in [2.75, 3.05) is 43.1 Å². The molecule has 5 heterocycles. The molecule has 1 amide bonds. The second-order valence-electron chi connectivity index (χ2n) is 9.75. The normalized spacial score (nSPS) is 23.5. The summed E-state index contributed by atoms with van der Waals surface area (Å²) < 4.78 is 5.66. The van der Waals surface area contributed by atoms with Gasteiger partial charge in [-0.25, -0.2) is 4.98 Å². The molecule has 3 aliphatic rings. The number of nitrogens with one attached hydrogen (secondary N) is 3. The highest BCUT2D eigenvalue weighted by Gasteiger charge is 2.30. The first-order chi connectivity index (χ1) is 17.7. The summed E-state index contributed by atoms with van der Waals surface area (Å²) in [5.74, 6) is 1.03. The molecule has 0 radical (unpaired) electrons. The lowest BCUT2D eigenvalue weighted by atomic mass is 9.96. The van der Waals surface area contributed by atoms with E-state index in [1.807, 2.05) is 24.4 Å². The van der Waals surface area contributed by atoms with Gasteiger partial charge >= 0.3 is 0 Å². The summed E-state index contributed by atoms with van der Waals surface area (Å²) in [6.07, 6.45) is 5.63. The zero-order chi connectivity index (χ0) is 24.5. The zero-order valence-corrected chi connectivity index (χ0v) is 20.4. The van der Waals surface area contributed by atoms with Crippen molar-refractivity contribution in [1.29, 1.82) is 0 Å². The zero-order valence-electron chi connectivity index (χ0n) is 20.4. The second kappa shape index (κ2) is 9.83. The minimum atomic E-state index is -0.208. The number of H-pyrrole nitrogens is 1. The molecule has 2 fully saturated rings. The van der Waals surface area contributed by atoms with Gasteiger partial charge in [0.2, 0.25) is 5.91 Å². The Hall–Kier alpha value is -3.56. The lowest BCUT2D eigenvalue weighted by Crippen LogP contribution is -2.44. The second-order valence-corrected chi connectivity index (χ2v) is 9.75. The Morgan fingerprint density at radius 2 is 2.11 bits per heavy atom. The number of carbonyl (C=O) groups is 1. The van der Waals surface area contributed by atoms with Gasteiger partial charge in [0.15, 0.2) is 0 Å². The van der Waals surface area contributed by atoms with Crippen LogP contribution in [0.5, 0.6) is 0 Å². The van der Waals surface area contributed by atoms with Gasteiger partial charge in [0.05, 0.1) is 36.6 Å². The van der Waals surface area contributed by atoms with Crippen molar-refractivity contribution in [3.05, 3.63) is 59.5 Å². The van der Waals surface area contributed by atoms with Gasteiger partial charge in [-0.3, -0.25) is 14.9 Å². The molecule has 3 aromatic rings. The highest BCUT2D eigenvalue weighted by atomic mass is 16.5. The molecule has 3 aliphatic heterocycles. The van der Waals surface area contributed by atoms with Crippen LogP contribution in [0.3, 0.4) is 0 Å². The van der Waals surface area contributed by atoms with Gasteiger partial charge in [-0.2, -0.15) is 5.10 Å². The number of ether oxygens (including phenoxy) is 1. The minimum absolute atomic E-state index is 0.0237. The summed E-state index contributed by atoms with van der Waals surface area (Å²) in [5.41, 5.74) is 5.81. The van der Waals surface area contributed by atoms with E-state index in [9.17, 15) is 4.79 Å². The molecule has 2 aromatic heterocycles. The van der Waals surface area contributed by atoms with Crippen LogP contribution in [0.25, 0.3) is 11.1 Å². The highest BCUT2D eigenvalue weighted by molar-refractivity contribution is 5.96. The van der Waals surface area contributed by atoms with Crippen LogP contribution in [-0.2, 0) is 9.53 Å². The number of benzene rings is 1. The van der Waals surface area contributed by atoms with E-state index < -0.39 is 0 Å². The van der Waals surface area contributed by atoms with E-state index in [0.29, 0.717) is 13.2 Å². The Bertz CT molecular complexity index is 1250. The summed E-state index contributed by atoms with van der Waals surface area (Å²) >= 11 is 0. The van der Waals surface area contributed by atoms with E-state index in [0.717, 1.165) is 72.1 Å². The maximum atomic E-state index is 12.7. The first-order valence-electron chi connectivity index (χ1n) is 12.7. The molecule has 186 valence electrons. The summed E-state index contributed by atoms with van der Waals surface area (Å²) in [7, 11) is 0. The van der Waals surface area contributed by atoms with Gasteiger partial charge < -0.3 is 20.3 Å². The summed E-state index contributed by atoms with van der Waals surface area (Å²) in [4.78, 5) is 24.9. The molecule has 3 atom stereocenters. The fourth-order valence-electron chi connectivity index (χ4n) is 5.28. The van der Waals surface area contributed by atoms with E-state index in [4.69, 9.17) is 14.7 Å². The van der Waals surface area contributed by atoms with Gasteiger partial charge in [-0.05, 0) is 61.7 Å². The number of hydrogen-bond acceptors (Lipinski definition) is 7. The fourth-order valence-corrected chi connectivity index (χ4v) is 5.28. The number of amides is 1. The van der Waals surface area contributed by atoms with Crippen molar-refractivity contribution in [3.8, 4) is 11.1 Å². The Morgan fingerprint density at radius 1 is 1.22 bits per heavy atom. The van der Waals surface area contributed by atoms with Gasteiger partial charge in [-0.15, -0.1) is 0 Å². The smallest absolute Gasteiger partial charge is 0.228 e. The Labute approximate surface area is 210 Å². The van der Waals surface area contributed by atoms with E-state index in [1.54, 1.807) is 6.20 Å². The third-order valence-corrected chi connectivity index (χ3v) is 7.30. The number of morpholine rings is 1. The molecule has 2 unspecified atom stereocenters. The Balaban J connectivity index is 1.33. The molecular formula is C27H31N7O2. The number of nitrogens with zero attached hydrogens (tertiary/aromatic N) is 4. The molecule has 2 saturated heterocycles. The van der Waals surface area contributed by atoms with Crippen LogP contribution in [0.4, 0.5) is 11.5 Å². The van der Waals surface area contributed by atoms with E-state index in [1.165, 1.54) is 0 Å². The maximum absolute atomic E-state index is 12.7. The number of anilines is 2. The summed E-state index contributed by atoms with van der Waals surface area (Å²) in [6.45, 7) is 6.05. The van der Waals surface area contributed by atoms with Crippen LogP contribution < -0.4 is 15.5 Å². The van der Waals surface area contributed by atoms with Crippen molar-refractivity contribution in [1.82, 2.24) is 20.5 Å². The van der Waals surface area contributed by atoms with Gasteiger partial charge in [0, 0.05) is 36.8 Å². The molecule has 9 nitrogen and oxygen atoms in total. The standard InChI is InChI=1S/C27H31N7O2/c1-17-16-36-12-11-34(17)24-13-21(22-15-29-26(25(22)32-24)23-8-10-30-33-23)18-4-6-20(7-5-18)31-27(35)19-3-2-9-28-14-19/h4-8,10,13,15,17,19,26,28H,2-3,9,11-12,14,16H2,1H3,(H,30,33)(H,31,35)/t17-,19?,26?/m1/s1. The SMILES string of the molecule is C[C@@H]1COCCN1c1cc(-c2ccc(NC(=O)C3CCCNC3)cc2)c2c(n1)C(c1ccn[nH]1)N=C2. The third kappa shape index (κ3) is 4.40. The quantitative estimate of drug-likeness (QED) is 0.513. The van der Waals surface area contributed by atoms with Crippen LogP contribution in [0, 0.1) is 5.92 Å². The number of aromatic nitrogens is 3. The van der Waals surface area contributed by atoms with Crippen LogP contribution >= 0.6 is 0 Å². The largest absolute Gasteiger partial charge is 0.377 e. The number of aromatic amines is 1. The van der Waals surface area contributed by atoms with Crippen LogP contribution in [0.2, 0.25) is 0 Å². The first kappa shape index (κ1) is 22.9. The number of piperidine rings is 1. The Kier molecular flexibility index (Phi) is 6.25. The number of pyridine rings is 1. The molecule has 36 heavy (non-hydrogen) atoms. The first-order valence-corrected chi connectivity index (χ1v) is 12.7.